The van der Waals surface area contributed by atoms with E-state index >= 15 is 0 Å². The Balaban J connectivity index is 1.50. The Bertz CT molecular complexity index is 1200. The zero-order valence-corrected chi connectivity index (χ0v) is 20.2. The van der Waals surface area contributed by atoms with Gasteiger partial charge in [0.05, 0.1) is 24.9 Å². The first-order chi connectivity index (χ1) is 16.7. The second-order valence-electron chi connectivity index (χ2n) is 7.44. The predicted molar refractivity (Wildman–Crippen MR) is 134 cm³/mol. The summed E-state index contributed by atoms with van der Waals surface area (Å²) in [6.07, 6.45) is 3.43. The van der Waals surface area contributed by atoms with Gasteiger partial charge in [0.1, 0.15) is 0 Å². The Hall–Kier alpha value is -3.20. The number of nitrogens with zero attached hydrogens (tertiary/aromatic N) is 4. The molecular formula is C25H24ClN5O2S. The molecule has 0 aliphatic rings. The van der Waals surface area contributed by atoms with Gasteiger partial charge in [-0.2, -0.15) is 0 Å². The van der Waals surface area contributed by atoms with Gasteiger partial charge in [-0.05, 0) is 35.4 Å². The van der Waals surface area contributed by atoms with E-state index in [4.69, 9.17) is 16.3 Å². The van der Waals surface area contributed by atoms with Crippen molar-refractivity contribution in [3.05, 3.63) is 95.3 Å². The van der Waals surface area contributed by atoms with Crippen molar-refractivity contribution in [2.45, 2.75) is 17.7 Å². The number of thioether (sulfide) groups is 1. The second-order valence-corrected chi connectivity index (χ2v) is 8.82. The summed E-state index contributed by atoms with van der Waals surface area (Å²) in [7, 11) is 1.65. The molecule has 2 heterocycles. The number of ether oxygens (including phenoxy) is 1. The summed E-state index contributed by atoms with van der Waals surface area (Å²) in [5, 5.41) is 13.1. The van der Waals surface area contributed by atoms with Crippen molar-refractivity contribution < 1.29 is 9.53 Å². The van der Waals surface area contributed by atoms with Crippen molar-refractivity contribution in [2.75, 3.05) is 19.5 Å². The minimum atomic E-state index is -0.287. The van der Waals surface area contributed by atoms with Crippen LogP contribution in [0, 0.1) is 0 Å². The number of benzene rings is 2. The van der Waals surface area contributed by atoms with Crippen LogP contribution in [0.3, 0.4) is 0 Å². The lowest BCUT2D eigenvalue weighted by molar-refractivity contribution is -0.119. The Morgan fingerprint density at radius 3 is 2.44 bits per heavy atom. The molecule has 2 aromatic carbocycles. The minimum absolute atomic E-state index is 0.111. The van der Waals surface area contributed by atoms with Gasteiger partial charge in [0.15, 0.2) is 11.0 Å². The molecule has 9 heteroatoms. The molecular weight excluding hydrogens is 470 g/mol. The Morgan fingerprint density at radius 1 is 1.03 bits per heavy atom. The van der Waals surface area contributed by atoms with E-state index in [1.807, 2.05) is 71.3 Å². The SMILES string of the molecule is COCCn1c(SCC(=O)NC(c2ccccc2)c2ccc(Cl)cc2)nnc1-c1ccncc1. The van der Waals surface area contributed by atoms with Crippen LogP contribution < -0.4 is 5.32 Å². The molecule has 0 saturated carbocycles. The van der Waals surface area contributed by atoms with Gasteiger partial charge in [-0.15, -0.1) is 10.2 Å². The van der Waals surface area contributed by atoms with Crippen molar-refractivity contribution in [2.24, 2.45) is 0 Å². The first kappa shape index (κ1) is 23.9. The van der Waals surface area contributed by atoms with E-state index < -0.39 is 0 Å². The van der Waals surface area contributed by atoms with E-state index in [-0.39, 0.29) is 17.7 Å². The third-order valence-corrected chi connectivity index (χ3v) is 6.37. The Morgan fingerprint density at radius 2 is 1.74 bits per heavy atom. The molecule has 0 spiro atoms. The summed E-state index contributed by atoms with van der Waals surface area (Å²) in [6.45, 7) is 1.07. The Labute approximate surface area is 207 Å². The number of methoxy groups -OCH3 is 1. The van der Waals surface area contributed by atoms with Crippen LogP contribution in [-0.2, 0) is 16.1 Å². The molecule has 1 amide bonds. The molecule has 0 radical (unpaired) electrons. The Kier molecular flexibility index (Phi) is 8.30. The molecule has 1 unspecified atom stereocenters. The quantitative estimate of drug-likeness (QED) is 0.324. The number of pyridine rings is 1. The smallest absolute Gasteiger partial charge is 0.231 e. The van der Waals surface area contributed by atoms with Crippen molar-refractivity contribution >= 4 is 29.3 Å². The highest BCUT2D eigenvalue weighted by Gasteiger charge is 2.19. The first-order valence-electron chi connectivity index (χ1n) is 10.7. The van der Waals surface area contributed by atoms with Gasteiger partial charge >= 0.3 is 0 Å². The number of hydrogen-bond donors (Lipinski definition) is 1. The number of nitrogens with one attached hydrogen (secondary N) is 1. The van der Waals surface area contributed by atoms with Crippen LogP contribution >= 0.6 is 23.4 Å². The molecule has 2 aromatic heterocycles. The fourth-order valence-corrected chi connectivity index (χ4v) is 4.39. The summed E-state index contributed by atoms with van der Waals surface area (Å²) < 4.78 is 7.22. The number of carbonyl (C=O) groups is 1. The zero-order chi connectivity index (χ0) is 23.8. The topological polar surface area (TPSA) is 81.9 Å². The molecule has 1 atom stereocenters. The van der Waals surface area contributed by atoms with Gasteiger partial charge in [0.2, 0.25) is 5.91 Å². The fourth-order valence-electron chi connectivity index (χ4n) is 3.49. The normalized spacial score (nSPS) is 11.8. The van der Waals surface area contributed by atoms with E-state index in [2.05, 4.69) is 20.5 Å². The standard InChI is InChI=1S/C25H24ClN5O2S/c1-33-16-15-31-24(20-11-13-27-14-12-20)29-30-25(31)34-17-22(32)28-23(18-5-3-2-4-6-18)19-7-9-21(26)10-8-19/h2-14,23H,15-17H2,1H3,(H,28,32). The summed E-state index contributed by atoms with van der Waals surface area (Å²) in [5.74, 6) is 0.796. The number of carbonyl (C=O) groups excluding carboxylic acids is 1. The highest BCUT2D eigenvalue weighted by atomic mass is 35.5. The van der Waals surface area contributed by atoms with Gasteiger partial charge in [-0.3, -0.25) is 14.3 Å². The largest absolute Gasteiger partial charge is 0.383 e. The number of rotatable bonds is 10. The lowest BCUT2D eigenvalue weighted by Gasteiger charge is -2.20. The molecule has 0 bridgehead atoms. The number of halogens is 1. The first-order valence-corrected chi connectivity index (χ1v) is 12.1. The lowest BCUT2D eigenvalue weighted by Crippen LogP contribution is -2.30. The molecule has 4 rings (SSSR count). The average molecular weight is 494 g/mol. The van der Waals surface area contributed by atoms with E-state index in [9.17, 15) is 4.79 Å². The maximum Gasteiger partial charge on any atom is 0.231 e. The highest BCUT2D eigenvalue weighted by Crippen LogP contribution is 2.26. The maximum absolute atomic E-state index is 13.0. The van der Waals surface area contributed by atoms with E-state index in [1.165, 1.54) is 11.8 Å². The minimum Gasteiger partial charge on any atom is -0.383 e. The van der Waals surface area contributed by atoms with Crippen LogP contribution in [0.2, 0.25) is 5.02 Å². The van der Waals surface area contributed by atoms with Gasteiger partial charge in [-0.1, -0.05) is 65.8 Å². The van der Waals surface area contributed by atoms with Crippen molar-refractivity contribution in [1.82, 2.24) is 25.1 Å². The summed E-state index contributed by atoms with van der Waals surface area (Å²) in [6, 6.07) is 20.8. The molecule has 4 aromatic rings. The second kappa shape index (κ2) is 11.8. The third-order valence-electron chi connectivity index (χ3n) is 5.15. The van der Waals surface area contributed by atoms with Crippen LogP contribution in [0.15, 0.2) is 84.3 Å². The zero-order valence-electron chi connectivity index (χ0n) is 18.6. The average Bonchev–Trinajstić information content (AvgIpc) is 3.29. The molecule has 34 heavy (non-hydrogen) atoms. The molecule has 7 nitrogen and oxygen atoms in total. The summed E-state index contributed by atoms with van der Waals surface area (Å²) in [5.41, 5.74) is 2.85. The number of hydrogen-bond acceptors (Lipinski definition) is 6. The number of amides is 1. The van der Waals surface area contributed by atoms with Crippen molar-refractivity contribution in [3.63, 3.8) is 0 Å². The lowest BCUT2D eigenvalue weighted by atomic mass is 9.99. The molecule has 174 valence electrons. The van der Waals surface area contributed by atoms with Gasteiger partial charge in [-0.25, -0.2) is 0 Å². The van der Waals surface area contributed by atoms with Crippen molar-refractivity contribution in [1.29, 1.82) is 0 Å². The third kappa shape index (κ3) is 6.02. The van der Waals surface area contributed by atoms with Gasteiger partial charge < -0.3 is 10.1 Å². The van der Waals surface area contributed by atoms with Crippen LogP contribution in [-0.4, -0.2) is 45.1 Å². The van der Waals surface area contributed by atoms with Crippen LogP contribution in [0.4, 0.5) is 0 Å². The van der Waals surface area contributed by atoms with Gasteiger partial charge in [0, 0.05) is 30.1 Å². The van der Waals surface area contributed by atoms with Crippen molar-refractivity contribution in [3.8, 4) is 11.4 Å². The van der Waals surface area contributed by atoms with Gasteiger partial charge in [0.25, 0.3) is 0 Å². The molecule has 0 saturated heterocycles. The van der Waals surface area contributed by atoms with E-state index in [0.717, 1.165) is 16.7 Å². The predicted octanol–water partition coefficient (Wildman–Crippen LogP) is 4.64. The van der Waals surface area contributed by atoms with Crippen LogP contribution in [0.1, 0.15) is 17.2 Å². The maximum atomic E-state index is 13.0. The summed E-state index contributed by atoms with van der Waals surface area (Å²) in [4.78, 5) is 17.1. The van der Waals surface area contributed by atoms with Crippen LogP contribution in [0.25, 0.3) is 11.4 Å². The number of aromatic nitrogens is 4. The highest BCUT2D eigenvalue weighted by molar-refractivity contribution is 7.99. The molecule has 0 aliphatic heterocycles. The van der Waals surface area contributed by atoms with E-state index in [0.29, 0.717) is 29.2 Å². The monoisotopic (exact) mass is 493 g/mol. The molecule has 0 fully saturated rings. The summed E-state index contributed by atoms with van der Waals surface area (Å²) >= 11 is 7.41. The van der Waals surface area contributed by atoms with Crippen LogP contribution in [0.5, 0.6) is 0 Å². The molecule has 1 N–H and O–H groups in total. The molecule has 0 aliphatic carbocycles. The fraction of sp³-hybridized carbons (Fsp3) is 0.200. The van der Waals surface area contributed by atoms with E-state index in [1.54, 1.807) is 19.5 Å².